The number of aryl methyl sites for hydroxylation is 2. The van der Waals surface area contributed by atoms with Gasteiger partial charge in [0.1, 0.15) is 17.5 Å². The molecule has 0 bridgehead atoms. The number of nitrogens with zero attached hydrogens (tertiary/aromatic N) is 6. The van der Waals surface area contributed by atoms with Crippen LogP contribution in [0.3, 0.4) is 0 Å². The van der Waals surface area contributed by atoms with E-state index < -0.39 is 0 Å². The molecule has 0 fully saturated rings. The molecule has 0 unspecified atom stereocenters. The molecule has 252 valence electrons. The van der Waals surface area contributed by atoms with Crippen molar-refractivity contribution in [3.63, 3.8) is 0 Å². The number of hydrogen-bond donors (Lipinski definition) is 0. The second-order valence-electron chi connectivity index (χ2n) is 13.5. The van der Waals surface area contributed by atoms with Gasteiger partial charge < -0.3 is 0 Å². The summed E-state index contributed by atoms with van der Waals surface area (Å²) in [4.78, 5) is 16.0. The number of hydrogen-bond acceptors (Lipinski definition) is 3. The van der Waals surface area contributed by atoms with E-state index in [1.807, 2.05) is 24.3 Å². The normalized spacial score (nSPS) is 11.6. The summed E-state index contributed by atoms with van der Waals surface area (Å²) in [5.41, 5.74) is 14.4. The van der Waals surface area contributed by atoms with Crippen LogP contribution < -0.4 is 0 Å². The minimum absolute atomic E-state index is 0.844. The summed E-state index contributed by atoms with van der Waals surface area (Å²) < 4.78 is 6.79. The van der Waals surface area contributed by atoms with Gasteiger partial charge in [-0.3, -0.25) is 13.7 Å². The molecular formula is C47H34N6. The highest BCUT2D eigenvalue weighted by Crippen LogP contribution is 2.39. The number of benzene rings is 7. The minimum Gasteiger partial charge on any atom is -0.292 e. The molecule has 0 saturated heterocycles. The summed E-state index contributed by atoms with van der Waals surface area (Å²) >= 11 is 0. The van der Waals surface area contributed by atoms with E-state index in [2.05, 4.69) is 173 Å². The Morgan fingerprint density at radius 3 is 1.09 bits per heavy atom. The van der Waals surface area contributed by atoms with Crippen LogP contribution in [0, 0.1) is 13.8 Å². The van der Waals surface area contributed by atoms with Gasteiger partial charge in [-0.15, -0.1) is 0 Å². The molecule has 0 atom stereocenters. The van der Waals surface area contributed by atoms with Crippen LogP contribution in [0.25, 0.3) is 84.3 Å². The van der Waals surface area contributed by atoms with E-state index in [4.69, 9.17) is 15.0 Å². The summed E-state index contributed by atoms with van der Waals surface area (Å²) in [7, 11) is 0. The first-order valence-corrected chi connectivity index (χ1v) is 17.9. The molecule has 0 aliphatic heterocycles. The Kier molecular flexibility index (Phi) is 7.15. The van der Waals surface area contributed by atoms with Crippen LogP contribution in [-0.2, 0) is 0 Å². The van der Waals surface area contributed by atoms with E-state index in [1.54, 1.807) is 0 Å². The molecule has 3 aromatic heterocycles. The SMILES string of the molecule is Cc1cc2nc(-c3cc(-c4nc5ccccc5n4-c4ccccc4)cc(-c4nc5ccccc5n4-c4ccccc4)c3)n(-c3ccccc3)c2cc1C. The van der Waals surface area contributed by atoms with Crippen molar-refractivity contribution in [2.75, 3.05) is 0 Å². The van der Waals surface area contributed by atoms with Crippen molar-refractivity contribution in [1.82, 2.24) is 28.7 Å². The Balaban J connectivity index is 1.32. The highest BCUT2D eigenvalue weighted by atomic mass is 15.1. The average molecular weight is 683 g/mol. The third-order valence-corrected chi connectivity index (χ3v) is 10.1. The van der Waals surface area contributed by atoms with Crippen molar-refractivity contribution in [3.05, 3.63) is 181 Å². The van der Waals surface area contributed by atoms with Crippen molar-refractivity contribution in [2.24, 2.45) is 0 Å². The van der Waals surface area contributed by atoms with Gasteiger partial charge in [-0.25, -0.2) is 15.0 Å². The third-order valence-electron chi connectivity index (χ3n) is 10.1. The van der Waals surface area contributed by atoms with Crippen LogP contribution in [0.2, 0.25) is 0 Å². The molecule has 0 N–H and O–H groups in total. The van der Waals surface area contributed by atoms with Crippen molar-refractivity contribution >= 4 is 33.1 Å². The van der Waals surface area contributed by atoms with Gasteiger partial charge >= 0.3 is 0 Å². The third kappa shape index (κ3) is 5.15. The fraction of sp³-hybridized carbons (Fsp3) is 0.0426. The first-order valence-electron chi connectivity index (χ1n) is 17.9. The van der Waals surface area contributed by atoms with Crippen LogP contribution in [-0.4, -0.2) is 28.7 Å². The van der Waals surface area contributed by atoms with E-state index in [0.29, 0.717) is 0 Å². The van der Waals surface area contributed by atoms with Crippen molar-refractivity contribution in [1.29, 1.82) is 0 Å². The van der Waals surface area contributed by atoms with Crippen LogP contribution in [0.1, 0.15) is 11.1 Å². The quantitative estimate of drug-likeness (QED) is 0.175. The lowest BCUT2D eigenvalue weighted by atomic mass is 10.0. The molecule has 0 aliphatic rings. The predicted octanol–water partition coefficient (Wildman–Crippen LogP) is 11.3. The fourth-order valence-electron chi connectivity index (χ4n) is 7.50. The molecule has 10 aromatic rings. The standard InChI is InChI=1S/C47H34N6/c1-31-26-41-44(27-32(31)2)53(38-20-10-5-11-21-38)47(50-41)35-29-33(45-48-39-22-12-14-24-42(39)51(45)36-16-6-3-7-17-36)28-34(30-35)46-49-40-23-13-15-25-43(40)52(46)37-18-8-4-9-19-37/h3-30H,1-2H3. The predicted molar refractivity (Wildman–Crippen MR) is 216 cm³/mol. The first-order chi connectivity index (χ1) is 26.1. The lowest BCUT2D eigenvalue weighted by molar-refractivity contribution is 1.08. The largest absolute Gasteiger partial charge is 0.292 e. The Labute approximate surface area is 306 Å². The molecule has 0 amide bonds. The van der Waals surface area contributed by atoms with Gasteiger partial charge in [0.05, 0.1) is 33.1 Å². The van der Waals surface area contributed by atoms with Gasteiger partial charge in [0.15, 0.2) is 0 Å². The number of imidazole rings is 3. The smallest absolute Gasteiger partial charge is 0.145 e. The van der Waals surface area contributed by atoms with Gasteiger partial charge in [-0.1, -0.05) is 78.9 Å². The van der Waals surface area contributed by atoms with Crippen LogP contribution in [0.4, 0.5) is 0 Å². The molecule has 3 heterocycles. The van der Waals surface area contributed by atoms with Crippen molar-refractivity contribution in [2.45, 2.75) is 13.8 Å². The van der Waals surface area contributed by atoms with Crippen LogP contribution >= 0.6 is 0 Å². The van der Waals surface area contributed by atoms with E-state index in [0.717, 1.165) is 84.3 Å². The second kappa shape index (κ2) is 12.3. The molecule has 0 radical (unpaired) electrons. The second-order valence-corrected chi connectivity index (χ2v) is 13.5. The van der Waals surface area contributed by atoms with Crippen LogP contribution in [0.15, 0.2) is 170 Å². The summed E-state index contributed by atoms with van der Waals surface area (Å²) in [5, 5.41) is 0. The maximum atomic E-state index is 5.39. The fourth-order valence-corrected chi connectivity index (χ4v) is 7.50. The average Bonchev–Trinajstić information content (AvgIpc) is 3.91. The van der Waals surface area contributed by atoms with Gasteiger partial charge in [-0.2, -0.15) is 0 Å². The van der Waals surface area contributed by atoms with Gasteiger partial charge in [-0.05, 0) is 116 Å². The number of aromatic nitrogens is 6. The highest BCUT2D eigenvalue weighted by Gasteiger charge is 2.23. The molecule has 0 spiro atoms. The number of rotatable bonds is 6. The Hall–Kier alpha value is -7.05. The van der Waals surface area contributed by atoms with Crippen molar-refractivity contribution < 1.29 is 0 Å². The molecule has 6 nitrogen and oxygen atoms in total. The Morgan fingerprint density at radius 1 is 0.321 bits per heavy atom. The zero-order chi connectivity index (χ0) is 35.5. The summed E-state index contributed by atoms with van der Waals surface area (Å²) in [6.45, 7) is 4.31. The van der Waals surface area contributed by atoms with Gasteiger partial charge in [0, 0.05) is 33.8 Å². The maximum absolute atomic E-state index is 5.39. The Bertz CT molecular complexity index is 2820. The molecule has 10 rings (SSSR count). The lowest BCUT2D eigenvalue weighted by Gasteiger charge is -2.15. The van der Waals surface area contributed by atoms with Crippen LogP contribution in [0.5, 0.6) is 0 Å². The molecule has 6 heteroatoms. The van der Waals surface area contributed by atoms with Gasteiger partial charge in [0.2, 0.25) is 0 Å². The molecule has 7 aromatic carbocycles. The molecule has 53 heavy (non-hydrogen) atoms. The van der Waals surface area contributed by atoms with E-state index in [1.165, 1.54) is 11.1 Å². The lowest BCUT2D eigenvalue weighted by Crippen LogP contribution is -2.02. The minimum atomic E-state index is 0.844. The number of fused-ring (bicyclic) bond motifs is 3. The molecular weight excluding hydrogens is 649 g/mol. The zero-order valence-corrected chi connectivity index (χ0v) is 29.3. The summed E-state index contributed by atoms with van der Waals surface area (Å²) in [5.74, 6) is 2.54. The van der Waals surface area contributed by atoms with E-state index in [9.17, 15) is 0 Å². The maximum Gasteiger partial charge on any atom is 0.145 e. The summed E-state index contributed by atoms with van der Waals surface area (Å²) in [6, 6.07) is 59.3. The van der Waals surface area contributed by atoms with E-state index in [-0.39, 0.29) is 0 Å². The molecule has 0 aliphatic carbocycles. The number of para-hydroxylation sites is 7. The highest BCUT2D eigenvalue weighted by molar-refractivity contribution is 5.90. The topological polar surface area (TPSA) is 53.5 Å². The van der Waals surface area contributed by atoms with Gasteiger partial charge in [0.25, 0.3) is 0 Å². The van der Waals surface area contributed by atoms with Crippen molar-refractivity contribution in [3.8, 4) is 51.2 Å². The monoisotopic (exact) mass is 682 g/mol. The zero-order valence-electron chi connectivity index (χ0n) is 29.3. The van der Waals surface area contributed by atoms with E-state index >= 15 is 0 Å². The summed E-state index contributed by atoms with van der Waals surface area (Å²) in [6.07, 6.45) is 0. The Morgan fingerprint density at radius 2 is 0.660 bits per heavy atom. The first kappa shape index (κ1) is 30.7. The molecule has 0 saturated carbocycles.